The molecule has 0 saturated carbocycles. The normalized spacial score (nSPS) is 14.9. The van der Waals surface area contributed by atoms with E-state index in [1.807, 2.05) is 12.1 Å². The van der Waals surface area contributed by atoms with Gasteiger partial charge in [-0.2, -0.15) is 0 Å². The number of rotatable bonds is 7. The predicted octanol–water partition coefficient (Wildman–Crippen LogP) is 2.20. The van der Waals surface area contributed by atoms with Gasteiger partial charge < -0.3 is 19.4 Å². The van der Waals surface area contributed by atoms with E-state index < -0.39 is 12.1 Å². The van der Waals surface area contributed by atoms with Crippen LogP contribution in [0.5, 0.6) is 0 Å². The summed E-state index contributed by atoms with van der Waals surface area (Å²) in [6, 6.07) is 10.7. The van der Waals surface area contributed by atoms with Crippen molar-refractivity contribution >= 4 is 23.5 Å². The number of amides is 2. The number of benzene rings is 1. The molecule has 1 saturated heterocycles. The van der Waals surface area contributed by atoms with Crippen LogP contribution in [0, 0.1) is 0 Å². The van der Waals surface area contributed by atoms with Crippen LogP contribution in [0.3, 0.4) is 0 Å². The van der Waals surface area contributed by atoms with Crippen molar-refractivity contribution in [2.45, 2.75) is 38.8 Å². The number of carbonyl (C=O) groups is 3. The number of ether oxygens (including phenoxy) is 1. The molecule has 1 atom stereocenters. The van der Waals surface area contributed by atoms with Crippen molar-refractivity contribution in [2.24, 2.45) is 0 Å². The molecule has 2 amide bonds. The highest BCUT2D eigenvalue weighted by Gasteiger charge is 2.22. The van der Waals surface area contributed by atoms with Crippen LogP contribution in [0.15, 0.2) is 47.1 Å². The molecule has 2 aromatic rings. The first-order chi connectivity index (χ1) is 13.0. The number of hydrogen-bond donors (Lipinski definition) is 1. The Morgan fingerprint density at radius 1 is 1.26 bits per heavy atom. The monoisotopic (exact) mass is 370 g/mol. The molecular formula is C20H22N2O5. The van der Waals surface area contributed by atoms with Gasteiger partial charge in [-0.15, -0.1) is 0 Å². The number of nitrogens with one attached hydrogen (secondary N) is 1. The third-order valence-corrected chi connectivity index (χ3v) is 4.36. The van der Waals surface area contributed by atoms with Crippen molar-refractivity contribution in [3.05, 3.63) is 54.0 Å². The largest absolute Gasteiger partial charge is 0.467 e. The van der Waals surface area contributed by atoms with Crippen LogP contribution in [-0.4, -0.2) is 30.4 Å². The Hall–Kier alpha value is -3.09. The van der Waals surface area contributed by atoms with Gasteiger partial charge >= 0.3 is 5.97 Å². The molecule has 0 spiro atoms. The summed E-state index contributed by atoms with van der Waals surface area (Å²) in [6.45, 7) is 2.49. The van der Waals surface area contributed by atoms with Gasteiger partial charge in [0.2, 0.25) is 5.91 Å². The van der Waals surface area contributed by atoms with E-state index in [1.54, 1.807) is 29.2 Å². The van der Waals surface area contributed by atoms with Gasteiger partial charge in [0.05, 0.1) is 19.2 Å². The Bertz CT molecular complexity index is 798. The smallest absolute Gasteiger partial charge is 0.311 e. The quantitative estimate of drug-likeness (QED) is 0.755. The van der Waals surface area contributed by atoms with E-state index in [2.05, 4.69) is 5.32 Å². The third-order valence-electron chi connectivity index (χ3n) is 4.36. The van der Waals surface area contributed by atoms with Crippen LogP contribution in [0.25, 0.3) is 0 Å². The highest BCUT2D eigenvalue weighted by Crippen LogP contribution is 2.21. The minimum atomic E-state index is -0.894. The summed E-state index contributed by atoms with van der Waals surface area (Å²) in [5.74, 6) is -0.127. The maximum absolute atomic E-state index is 12.1. The van der Waals surface area contributed by atoms with Gasteiger partial charge in [-0.3, -0.25) is 14.4 Å². The Morgan fingerprint density at radius 2 is 2.04 bits per heavy atom. The van der Waals surface area contributed by atoms with E-state index in [1.165, 1.54) is 13.2 Å². The van der Waals surface area contributed by atoms with Gasteiger partial charge in [0, 0.05) is 18.7 Å². The summed E-state index contributed by atoms with van der Waals surface area (Å²) < 4.78 is 10.3. The second-order valence-electron chi connectivity index (χ2n) is 6.42. The van der Waals surface area contributed by atoms with E-state index in [4.69, 9.17) is 9.15 Å². The second kappa shape index (κ2) is 8.53. The molecule has 7 heteroatoms. The van der Waals surface area contributed by atoms with Crippen molar-refractivity contribution in [3.8, 4) is 0 Å². The maximum Gasteiger partial charge on any atom is 0.311 e. The second-order valence-corrected chi connectivity index (χ2v) is 6.42. The number of furan rings is 1. The molecule has 0 aliphatic carbocycles. The number of nitrogens with zero attached hydrogens (tertiary/aromatic N) is 1. The number of anilines is 1. The summed E-state index contributed by atoms with van der Waals surface area (Å²) >= 11 is 0. The van der Waals surface area contributed by atoms with Gasteiger partial charge in [-0.25, -0.2) is 0 Å². The molecule has 1 aromatic carbocycles. The zero-order valence-electron chi connectivity index (χ0n) is 15.1. The zero-order chi connectivity index (χ0) is 19.2. The number of hydrogen-bond acceptors (Lipinski definition) is 5. The summed E-state index contributed by atoms with van der Waals surface area (Å²) in [5, 5.41) is 2.65. The van der Waals surface area contributed by atoms with Crippen LogP contribution in [0.1, 0.15) is 31.1 Å². The van der Waals surface area contributed by atoms with Gasteiger partial charge in [-0.05, 0) is 43.2 Å². The van der Waals surface area contributed by atoms with E-state index in [0.29, 0.717) is 12.2 Å². The lowest BCUT2D eigenvalue weighted by atomic mass is 10.1. The summed E-state index contributed by atoms with van der Waals surface area (Å²) in [4.78, 5) is 37.6. The molecule has 1 aliphatic heterocycles. The van der Waals surface area contributed by atoms with Crippen molar-refractivity contribution < 1.29 is 23.5 Å². The van der Waals surface area contributed by atoms with Crippen molar-refractivity contribution in [1.82, 2.24) is 5.32 Å². The maximum atomic E-state index is 12.1. The van der Waals surface area contributed by atoms with E-state index in [9.17, 15) is 14.4 Å². The first kappa shape index (κ1) is 18.7. The lowest BCUT2D eigenvalue weighted by Gasteiger charge is -2.16. The van der Waals surface area contributed by atoms with Crippen molar-refractivity contribution in [2.75, 3.05) is 11.4 Å². The minimum Gasteiger partial charge on any atom is -0.467 e. The van der Waals surface area contributed by atoms with Crippen LogP contribution in [-0.2, 0) is 32.1 Å². The first-order valence-electron chi connectivity index (χ1n) is 8.92. The fraction of sp³-hybridized carbons (Fsp3) is 0.350. The van der Waals surface area contributed by atoms with Crippen molar-refractivity contribution in [3.63, 3.8) is 0 Å². The molecule has 27 heavy (non-hydrogen) atoms. The van der Waals surface area contributed by atoms with Crippen LogP contribution in [0.4, 0.5) is 5.69 Å². The Morgan fingerprint density at radius 3 is 2.67 bits per heavy atom. The van der Waals surface area contributed by atoms with E-state index in [0.717, 1.165) is 24.2 Å². The lowest BCUT2D eigenvalue weighted by molar-refractivity contribution is -0.154. The highest BCUT2D eigenvalue weighted by molar-refractivity contribution is 5.95. The molecule has 1 N–H and O–H groups in total. The predicted molar refractivity (Wildman–Crippen MR) is 97.8 cm³/mol. The molecular weight excluding hydrogens is 348 g/mol. The summed E-state index contributed by atoms with van der Waals surface area (Å²) in [7, 11) is 0. The average molecular weight is 370 g/mol. The average Bonchev–Trinajstić information content (AvgIpc) is 3.32. The Balaban J connectivity index is 1.46. The standard InChI is InChI=1S/C20H22N2O5/c1-14(20(25)21-13-17-4-3-11-26-17)27-19(24)12-15-6-8-16(9-7-15)22-10-2-5-18(22)23/h3-4,6-9,11,14H,2,5,10,12-13H2,1H3,(H,21,25). The van der Waals surface area contributed by atoms with Gasteiger partial charge in [0.25, 0.3) is 5.91 Å². The molecule has 2 heterocycles. The van der Waals surface area contributed by atoms with E-state index in [-0.39, 0.29) is 24.8 Å². The molecule has 0 bridgehead atoms. The van der Waals surface area contributed by atoms with Crippen LogP contribution >= 0.6 is 0 Å². The molecule has 1 aromatic heterocycles. The van der Waals surface area contributed by atoms with Gasteiger partial charge in [0.1, 0.15) is 5.76 Å². The zero-order valence-corrected chi connectivity index (χ0v) is 15.1. The summed E-state index contributed by atoms with van der Waals surface area (Å²) in [5.41, 5.74) is 1.60. The topological polar surface area (TPSA) is 88.8 Å². The third kappa shape index (κ3) is 4.97. The fourth-order valence-electron chi connectivity index (χ4n) is 2.91. The highest BCUT2D eigenvalue weighted by atomic mass is 16.5. The number of esters is 1. The van der Waals surface area contributed by atoms with E-state index >= 15 is 0 Å². The molecule has 7 nitrogen and oxygen atoms in total. The van der Waals surface area contributed by atoms with Crippen LogP contribution < -0.4 is 10.2 Å². The molecule has 1 aliphatic rings. The van der Waals surface area contributed by atoms with Gasteiger partial charge in [-0.1, -0.05) is 12.1 Å². The molecule has 0 radical (unpaired) electrons. The number of carbonyl (C=O) groups excluding carboxylic acids is 3. The molecule has 142 valence electrons. The molecule has 1 fully saturated rings. The Kier molecular flexibility index (Phi) is 5.90. The van der Waals surface area contributed by atoms with Gasteiger partial charge in [0.15, 0.2) is 6.10 Å². The van der Waals surface area contributed by atoms with Crippen molar-refractivity contribution in [1.29, 1.82) is 0 Å². The molecule has 3 rings (SSSR count). The van der Waals surface area contributed by atoms with Crippen LogP contribution in [0.2, 0.25) is 0 Å². The Labute approximate surface area is 157 Å². The fourth-order valence-corrected chi connectivity index (χ4v) is 2.91. The SMILES string of the molecule is CC(OC(=O)Cc1ccc(N2CCCC2=O)cc1)C(=O)NCc1ccco1. The minimum absolute atomic E-state index is 0.0596. The lowest BCUT2D eigenvalue weighted by Crippen LogP contribution is -2.35. The molecule has 1 unspecified atom stereocenters. The first-order valence-corrected chi connectivity index (χ1v) is 8.92. The summed E-state index contributed by atoms with van der Waals surface area (Å²) in [6.07, 6.45) is 2.13.